The van der Waals surface area contributed by atoms with Gasteiger partial charge < -0.3 is 4.90 Å². The average Bonchev–Trinajstić information content (AvgIpc) is 3.33. The lowest BCUT2D eigenvalue weighted by Gasteiger charge is -2.33. The first kappa shape index (κ1) is 27.0. The van der Waals surface area contributed by atoms with Gasteiger partial charge in [-0.3, -0.25) is 19.6 Å². The number of Topliss-reactive ketones (excluding diaryl/α,β-unsaturated/α-hetero) is 1. The molecule has 2 aromatic rings. The van der Waals surface area contributed by atoms with Gasteiger partial charge in [0.15, 0.2) is 9.84 Å². The van der Waals surface area contributed by atoms with Gasteiger partial charge in [0.1, 0.15) is 5.25 Å². The number of sulfone groups is 1. The summed E-state index contributed by atoms with van der Waals surface area (Å²) in [5, 5.41) is -0.866. The smallest absolute Gasteiger partial charge is 0.290 e. The summed E-state index contributed by atoms with van der Waals surface area (Å²) in [5.41, 5.74) is 1.05. The van der Waals surface area contributed by atoms with Crippen LogP contribution in [0.5, 0.6) is 0 Å². The molecule has 0 spiro atoms. The minimum absolute atomic E-state index is 0.0449. The van der Waals surface area contributed by atoms with Crippen molar-refractivity contribution in [2.24, 2.45) is 5.41 Å². The van der Waals surface area contributed by atoms with Crippen LogP contribution in [-0.4, -0.2) is 53.3 Å². The zero-order valence-corrected chi connectivity index (χ0v) is 21.8. The molecule has 1 saturated heterocycles. The second-order valence-corrected chi connectivity index (χ2v) is 12.3. The van der Waals surface area contributed by atoms with Crippen molar-refractivity contribution in [2.75, 3.05) is 12.3 Å². The maximum Gasteiger partial charge on any atom is 0.290 e. The Balaban J connectivity index is 1.75. The number of likely N-dealkylation sites (tertiary alicyclic amines) is 1. The lowest BCUT2D eigenvalue weighted by molar-refractivity contribution is -0.149. The third-order valence-corrected chi connectivity index (χ3v) is 9.39. The number of hydrogen-bond donors (Lipinski definition) is 0. The van der Waals surface area contributed by atoms with Crippen LogP contribution in [0.15, 0.2) is 49.1 Å². The van der Waals surface area contributed by atoms with Crippen LogP contribution >= 0.6 is 0 Å². The molecule has 1 aliphatic heterocycles. The molecule has 0 aliphatic carbocycles. The molecule has 8 heteroatoms. The molecule has 3 rings (SSSR count). The van der Waals surface area contributed by atoms with Crippen molar-refractivity contribution < 1.29 is 18.0 Å². The van der Waals surface area contributed by atoms with E-state index >= 15 is 0 Å². The second kappa shape index (κ2) is 11.9. The van der Waals surface area contributed by atoms with Crippen molar-refractivity contribution in [2.45, 2.75) is 77.0 Å². The molecule has 0 bridgehead atoms. The average molecular weight is 500 g/mol. The molecule has 2 atom stereocenters. The minimum atomic E-state index is -3.58. The summed E-state index contributed by atoms with van der Waals surface area (Å²) in [4.78, 5) is 35.8. The van der Waals surface area contributed by atoms with Gasteiger partial charge in [0.2, 0.25) is 5.78 Å². The summed E-state index contributed by atoms with van der Waals surface area (Å²) < 4.78 is 27.4. The van der Waals surface area contributed by atoms with Crippen molar-refractivity contribution in [1.82, 2.24) is 14.9 Å². The van der Waals surface area contributed by atoms with Gasteiger partial charge in [-0.2, -0.15) is 0 Å². The van der Waals surface area contributed by atoms with Crippen LogP contribution < -0.4 is 0 Å². The zero-order valence-electron chi connectivity index (χ0n) is 21.0. The van der Waals surface area contributed by atoms with Crippen molar-refractivity contribution in [1.29, 1.82) is 0 Å². The van der Waals surface area contributed by atoms with Gasteiger partial charge in [0.05, 0.1) is 11.8 Å². The van der Waals surface area contributed by atoms with Gasteiger partial charge in [-0.05, 0) is 73.9 Å². The fourth-order valence-corrected chi connectivity index (χ4v) is 6.84. The Hall–Kier alpha value is -2.61. The van der Waals surface area contributed by atoms with Gasteiger partial charge in [0, 0.05) is 36.7 Å². The maximum absolute atomic E-state index is 13.7. The van der Waals surface area contributed by atoms with E-state index in [0.717, 1.165) is 19.3 Å². The minimum Gasteiger partial charge on any atom is -0.331 e. The van der Waals surface area contributed by atoms with E-state index in [4.69, 9.17) is 0 Å². The Morgan fingerprint density at radius 3 is 2.29 bits per heavy atom. The number of pyridine rings is 2. The van der Waals surface area contributed by atoms with E-state index in [1.807, 2.05) is 19.1 Å². The van der Waals surface area contributed by atoms with Gasteiger partial charge in [-0.25, -0.2) is 8.42 Å². The highest BCUT2D eigenvalue weighted by Gasteiger charge is 2.45. The maximum atomic E-state index is 13.7. The third kappa shape index (κ3) is 6.75. The molecule has 1 amide bonds. The molecule has 190 valence electrons. The number of aromatic nitrogens is 2. The number of ketones is 1. The van der Waals surface area contributed by atoms with Crippen molar-refractivity contribution in [3.8, 4) is 0 Å². The molecule has 1 aliphatic rings. The molecule has 0 aromatic carbocycles. The lowest BCUT2D eigenvalue weighted by atomic mass is 9.84. The summed E-state index contributed by atoms with van der Waals surface area (Å²) in [5.74, 6) is -0.969. The molecule has 1 unspecified atom stereocenters. The zero-order chi connectivity index (χ0) is 25.5. The van der Waals surface area contributed by atoms with E-state index in [-0.39, 0.29) is 5.75 Å². The van der Waals surface area contributed by atoms with E-state index < -0.39 is 38.2 Å². The first-order valence-corrected chi connectivity index (χ1v) is 14.2. The Labute approximate surface area is 209 Å². The topological polar surface area (TPSA) is 97.3 Å². The number of aryl methyl sites for hydroxylation is 1. The van der Waals surface area contributed by atoms with Crippen LogP contribution in [0.2, 0.25) is 0 Å². The number of rotatable bonds is 12. The number of carbonyl (C=O) groups excluding carboxylic acids is 2. The van der Waals surface area contributed by atoms with Crippen LogP contribution in [0.3, 0.4) is 0 Å². The van der Waals surface area contributed by atoms with Crippen molar-refractivity contribution in [3.63, 3.8) is 0 Å². The normalized spacial score (nSPS) is 17.3. The van der Waals surface area contributed by atoms with E-state index in [1.165, 1.54) is 10.5 Å². The van der Waals surface area contributed by atoms with Crippen LogP contribution in [0, 0.1) is 5.41 Å². The van der Waals surface area contributed by atoms with Gasteiger partial charge in [0.25, 0.3) is 5.91 Å². The number of amides is 1. The van der Waals surface area contributed by atoms with Gasteiger partial charge in [-0.15, -0.1) is 0 Å². The summed E-state index contributed by atoms with van der Waals surface area (Å²) in [6.07, 6.45) is 11.6. The fourth-order valence-electron chi connectivity index (χ4n) is 4.65. The molecular weight excluding hydrogens is 462 g/mol. The molecule has 1 fully saturated rings. The summed E-state index contributed by atoms with van der Waals surface area (Å²) in [6.45, 7) is 5.81. The molecule has 2 aromatic heterocycles. The van der Waals surface area contributed by atoms with Crippen LogP contribution in [0.25, 0.3) is 0 Å². The lowest BCUT2D eigenvalue weighted by Crippen LogP contribution is -2.48. The molecule has 3 heterocycles. The number of hydrogen-bond acceptors (Lipinski definition) is 6. The Kier molecular flexibility index (Phi) is 9.16. The fraction of sp³-hybridized carbons (Fsp3) is 0.556. The molecule has 0 radical (unpaired) electrons. The third-order valence-electron chi connectivity index (χ3n) is 7.17. The van der Waals surface area contributed by atoms with E-state index in [0.29, 0.717) is 37.8 Å². The number of nitrogens with zero attached hydrogens (tertiary/aromatic N) is 3. The molecule has 35 heavy (non-hydrogen) atoms. The van der Waals surface area contributed by atoms with E-state index in [2.05, 4.69) is 9.97 Å². The Morgan fingerprint density at radius 2 is 1.66 bits per heavy atom. The molecule has 7 nitrogen and oxygen atoms in total. The van der Waals surface area contributed by atoms with Crippen molar-refractivity contribution in [3.05, 3.63) is 60.2 Å². The van der Waals surface area contributed by atoms with Crippen LogP contribution in [0.4, 0.5) is 0 Å². The monoisotopic (exact) mass is 499 g/mol. The van der Waals surface area contributed by atoms with Crippen LogP contribution in [-0.2, 0) is 25.8 Å². The SMILES string of the molecule is CCC(C)(C)C(=O)C(=O)N1CCC[C@H]1C(c1ccncc1)S(=O)(=O)CCCCCc1ccncc1. The summed E-state index contributed by atoms with van der Waals surface area (Å²) >= 11 is 0. The van der Waals surface area contributed by atoms with Crippen molar-refractivity contribution >= 4 is 21.5 Å². The molecular formula is C27H37N3O4S. The molecule has 0 saturated carbocycles. The first-order valence-electron chi connectivity index (χ1n) is 12.5. The Morgan fingerprint density at radius 1 is 1.03 bits per heavy atom. The van der Waals surface area contributed by atoms with E-state index in [9.17, 15) is 18.0 Å². The predicted octanol–water partition coefficient (Wildman–Crippen LogP) is 4.34. The second-order valence-electron chi connectivity index (χ2n) is 10.0. The number of carbonyl (C=O) groups is 2. The highest BCUT2D eigenvalue weighted by molar-refractivity contribution is 7.91. The van der Waals surface area contributed by atoms with Crippen LogP contribution in [0.1, 0.15) is 75.7 Å². The highest BCUT2D eigenvalue weighted by atomic mass is 32.2. The van der Waals surface area contributed by atoms with Gasteiger partial charge in [-0.1, -0.05) is 27.2 Å². The predicted molar refractivity (Wildman–Crippen MR) is 136 cm³/mol. The largest absolute Gasteiger partial charge is 0.331 e. The number of unbranched alkanes of at least 4 members (excludes halogenated alkanes) is 2. The van der Waals surface area contributed by atoms with E-state index in [1.54, 1.807) is 50.8 Å². The quantitative estimate of drug-likeness (QED) is 0.318. The highest BCUT2D eigenvalue weighted by Crippen LogP contribution is 2.37. The summed E-state index contributed by atoms with van der Waals surface area (Å²) in [6, 6.07) is 6.82. The first-order chi connectivity index (χ1) is 16.7. The summed E-state index contributed by atoms with van der Waals surface area (Å²) in [7, 11) is -3.58. The molecule has 0 N–H and O–H groups in total. The Bertz CT molecular complexity index is 1090. The van der Waals surface area contributed by atoms with Gasteiger partial charge >= 0.3 is 0 Å². The standard InChI is InChI=1S/C27H37N3O4S/c1-4-27(2,3)25(31)26(32)30-19-8-10-23(30)24(22-13-17-29-18-14-22)35(33,34)20-7-5-6-9-21-11-15-28-16-12-21/h11-18,23-24H,4-10,19-20H2,1-3H3/t23-,24?/m0/s1.